The molecule has 3 unspecified atom stereocenters. The van der Waals surface area contributed by atoms with Crippen LogP contribution in [0.3, 0.4) is 0 Å². The van der Waals surface area contributed by atoms with Crippen LogP contribution in [-0.2, 0) is 0 Å². The van der Waals surface area contributed by atoms with E-state index in [2.05, 4.69) is 19.2 Å². The molecule has 0 aromatic heterocycles. The van der Waals surface area contributed by atoms with Crippen LogP contribution in [0.1, 0.15) is 44.7 Å². The van der Waals surface area contributed by atoms with Crippen LogP contribution in [-0.4, -0.2) is 6.54 Å². The Kier molecular flexibility index (Phi) is 4.16. The molecule has 1 nitrogen and oxygen atoms in total. The summed E-state index contributed by atoms with van der Waals surface area (Å²) >= 11 is 0. The van der Waals surface area contributed by atoms with Crippen molar-refractivity contribution >= 4 is 0 Å². The van der Waals surface area contributed by atoms with Crippen LogP contribution < -0.4 is 5.32 Å². The number of benzene rings is 1. The first-order chi connectivity index (χ1) is 8.22. The highest BCUT2D eigenvalue weighted by molar-refractivity contribution is 5.22. The van der Waals surface area contributed by atoms with Crippen LogP contribution >= 0.6 is 0 Å². The van der Waals surface area contributed by atoms with Gasteiger partial charge in [0.15, 0.2) is 0 Å². The normalized spacial score (nSPS) is 26.1. The van der Waals surface area contributed by atoms with E-state index in [9.17, 15) is 4.39 Å². The fraction of sp³-hybridized carbons (Fsp3) is 0.600. The van der Waals surface area contributed by atoms with Crippen molar-refractivity contribution in [1.82, 2.24) is 5.32 Å². The lowest BCUT2D eigenvalue weighted by Crippen LogP contribution is -2.28. The molecule has 0 amide bonds. The molecule has 17 heavy (non-hydrogen) atoms. The summed E-state index contributed by atoms with van der Waals surface area (Å²) in [6.07, 6.45) is 3.71. The average Bonchev–Trinajstić information content (AvgIpc) is 2.74. The van der Waals surface area contributed by atoms with E-state index in [1.807, 2.05) is 12.1 Å². The van der Waals surface area contributed by atoms with Gasteiger partial charge in [-0.15, -0.1) is 0 Å². The van der Waals surface area contributed by atoms with Crippen LogP contribution in [0, 0.1) is 17.7 Å². The lowest BCUT2D eigenvalue weighted by atomic mass is 9.90. The lowest BCUT2D eigenvalue weighted by molar-refractivity contribution is 0.355. The van der Waals surface area contributed by atoms with Gasteiger partial charge in [-0.3, -0.25) is 0 Å². The van der Waals surface area contributed by atoms with Gasteiger partial charge < -0.3 is 5.32 Å². The fourth-order valence-corrected chi connectivity index (χ4v) is 3.03. The molecule has 1 N–H and O–H groups in total. The molecule has 1 aromatic carbocycles. The molecular weight excluding hydrogens is 213 g/mol. The summed E-state index contributed by atoms with van der Waals surface area (Å²) in [5.41, 5.74) is 0.841. The van der Waals surface area contributed by atoms with Crippen LogP contribution in [0.5, 0.6) is 0 Å². The highest BCUT2D eigenvalue weighted by Gasteiger charge is 2.30. The summed E-state index contributed by atoms with van der Waals surface area (Å²) in [5.74, 6) is 1.30. The topological polar surface area (TPSA) is 12.0 Å². The quantitative estimate of drug-likeness (QED) is 0.834. The number of nitrogens with one attached hydrogen (secondary N) is 1. The summed E-state index contributed by atoms with van der Waals surface area (Å²) in [6.45, 7) is 5.28. The number of hydrogen-bond donors (Lipinski definition) is 1. The van der Waals surface area contributed by atoms with E-state index in [0.29, 0.717) is 5.92 Å². The third-order valence-corrected chi connectivity index (χ3v) is 3.87. The highest BCUT2D eigenvalue weighted by atomic mass is 19.1. The van der Waals surface area contributed by atoms with E-state index in [-0.39, 0.29) is 11.9 Å². The molecule has 0 aliphatic heterocycles. The highest BCUT2D eigenvalue weighted by Crippen LogP contribution is 2.39. The van der Waals surface area contributed by atoms with E-state index in [1.54, 1.807) is 12.1 Å². The van der Waals surface area contributed by atoms with Gasteiger partial charge >= 0.3 is 0 Å². The van der Waals surface area contributed by atoms with Gasteiger partial charge in [-0.05, 0) is 37.3 Å². The van der Waals surface area contributed by atoms with Gasteiger partial charge in [-0.1, -0.05) is 38.5 Å². The second-order valence-electron chi connectivity index (χ2n) is 5.24. The zero-order valence-corrected chi connectivity index (χ0v) is 10.7. The largest absolute Gasteiger partial charge is 0.310 e. The smallest absolute Gasteiger partial charge is 0.127 e. The first-order valence-electron chi connectivity index (χ1n) is 6.70. The van der Waals surface area contributed by atoms with E-state index >= 15 is 0 Å². The molecule has 0 radical (unpaired) electrons. The molecule has 1 fully saturated rings. The third kappa shape index (κ3) is 2.86. The van der Waals surface area contributed by atoms with Crippen molar-refractivity contribution in [2.45, 2.75) is 39.2 Å². The van der Waals surface area contributed by atoms with Crippen molar-refractivity contribution in [3.63, 3.8) is 0 Å². The number of halogens is 1. The summed E-state index contributed by atoms with van der Waals surface area (Å²) < 4.78 is 13.9. The maximum Gasteiger partial charge on any atom is 0.127 e. The Labute approximate surface area is 103 Å². The second kappa shape index (κ2) is 5.63. The monoisotopic (exact) mass is 235 g/mol. The third-order valence-electron chi connectivity index (χ3n) is 3.87. The fourth-order valence-electron chi connectivity index (χ4n) is 3.03. The first-order valence-corrected chi connectivity index (χ1v) is 6.70. The van der Waals surface area contributed by atoms with Gasteiger partial charge in [0.1, 0.15) is 5.82 Å². The average molecular weight is 235 g/mol. The molecule has 0 heterocycles. The molecule has 0 bridgehead atoms. The minimum atomic E-state index is -0.0713. The second-order valence-corrected chi connectivity index (χ2v) is 5.24. The maximum absolute atomic E-state index is 13.9. The Bertz CT molecular complexity index is 364. The van der Waals surface area contributed by atoms with E-state index in [1.165, 1.54) is 19.3 Å². The molecule has 2 rings (SSSR count). The van der Waals surface area contributed by atoms with Gasteiger partial charge in [-0.25, -0.2) is 4.39 Å². The maximum atomic E-state index is 13.9. The molecule has 94 valence electrons. The van der Waals surface area contributed by atoms with Crippen molar-refractivity contribution < 1.29 is 4.39 Å². The Morgan fingerprint density at radius 1 is 1.35 bits per heavy atom. The number of hydrogen-bond acceptors (Lipinski definition) is 1. The van der Waals surface area contributed by atoms with Crippen molar-refractivity contribution in [2.24, 2.45) is 11.8 Å². The minimum Gasteiger partial charge on any atom is -0.310 e. The van der Waals surface area contributed by atoms with Crippen LogP contribution in [0.4, 0.5) is 4.39 Å². The molecule has 1 aliphatic rings. The van der Waals surface area contributed by atoms with Crippen molar-refractivity contribution in [1.29, 1.82) is 0 Å². The van der Waals surface area contributed by atoms with E-state index in [4.69, 9.17) is 0 Å². The first kappa shape index (κ1) is 12.6. The molecule has 3 atom stereocenters. The zero-order chi connectivity index (χ0) is 12.3. The number of rotatable bonds is 4. The lowest BCUT2D eigenvalue weighted by Gasteiger charge is -2.25. The molecule has 1 aliphatic carbocycles. The molecule has 1 saturated carbocycles. The van der Waals surface area contributed by atoms with Crippen LogP contribution in [0.2, 0.25) is 0 Å². The Morgan fingerprint density at radius 3 is 2.71 bits per heavy atom. The van der Waals surface area contributed by atoms with E-state index in [0.717, 1.165) is 18.0 Å². The van der Waals surface area contributed by atoms with Gasteiger partial charge in [-0.2, -0.15) is 0 Å². The molecule has 1 aromatic rings. The predicted octanol–water partition coefficient (Wildman–Crippen LogP) is 3.91. The van der Waals surface area contributed by atoms with Crippen LogP contribution in [0.25, 0.3) is 0 Å². The molecule has 0 saturated heterocycles. The van der Waals surface area contributed by atoms with Crippen molar-refractivity contribution in [3.8, 4) is 0 Å². The molecule has 2 heteroatoms. The van der Waals surface area contributed by atoms with Gasteiger partial charge in [0.2, 0.25) is 0 Å². The minimum absolute atomic E-state index is 0.0713. The Morgan fingerprint density at radius 2 is 2.12 bits per heavy atom. The van der Waals surface area contributed by atoms with Gasteiger partial charge in [0, 0.05) is 11.6 Å². The van der Waals surface area contributed by atoms with Gasteiger partial charge in [0.25, 0.3) is 0 Å². The predicted molar refractivity (Wildman–Crippen MR) is 69.3 cm³/mol. The van der Waals surface area contributed by atoms with Crippen molar-refractivity contribution in [2.75, 3.05) is 6.54 Å². The van der Waals surface area contributed by atoms with Crippen molar-refractivity contribution in [3.05, 3.63) is 35.6 Å². The summed E-state index contributed by atoms with van der Waals surface area (Å²) in [7, 11) is 0. The van der Waals surface area contributed by atoms with Gasteiger partial charge in [0.05, 0.1) is 0 Å². The Hall–Kier alpha value is -0.890. The summed E-state index contributed by atoms with van der Waals surface area (Å²) in [6, 6.07) is 7.37. The summed E-state index contributed by atoms with van der Waals surface area (Å²) in [4.78, 5) is 0. The SMILES string of the molecule is CCNC(c1ccccc1F)C1CCC(C)C1. The zero-order valence-electron chi connectivity index (χ0n) is 10.7. The van der Waals surface area contributed by atoms with E-state index < -0.39 is 0 Å². The molecule has 0 spiro atoms. The molecular formula is C15H22FN. The standard InChI is InChI=1S/C15H22FN/c1-3-17-15(12-9-8-11(2)10-12)13-6-4-5-7-14(13)16/h4-7,11-12,15,17H,3,8-10H2,1-2H3. The van der Waals surface area contributed by atoms with Crippen LogP contribution in [0.15, 0.2) is 24.3 Å². The summed E-state index contributed by atoms with van der Waals surface area (Å²) in [5, 5.41) is 3.46. The Balaban J connectivity index is 2.20.